The summed E-state index contributed by atoms with van der Waals surface area (Å²) in [5.74, 6) is -1.93. The highest BCUT2D eigenvalue weighted by molar-refractivity contribution is 5.99. The van der Waals surface area contributed by atoms with E-state index in [0.717, 1.165) is 24.0 Å². The number of ether oxygens (including phenoxy) is 2. The molecule has 226 valence electrons. The molecule has 6 rings (SSSR count). The number of carboxylic acid groups (broad SMARTS) is 1. The van der Waals surface area contributed by atoms with Gasteiger partial charge in [-0.05, 0) is 55.9 Å². The lowest BCUT2D eigenvalue weighted by Gasteiger charge is -2.28. The lowest BCUT2D eigenvalue weighted by molar-refractivity contribution is -0.119. The summed E-state index contributed by atoms with van der Waals surface area (Å²) in [6, 6.07) is 5.81. The molecule has 2 fully saturated rings. The number of benzene rings is 2. The summed E-state index contributed by atoms with van der Waals surface area (Å²) in [6.07, 6.45) is 3.26. The molecule has 1 saturated carbocycles. The average molecular weight is 593 g/mol. The minimum Gasteiger partial charge on any atom is -0.492 e. The van der Waals surface area contributed by atoms with E-state index >= 15 is 4.39 Å². The third-order valence-corrected chi connectivity index (χ3v) is 8.52. The Bertz CT molecular complexity index is 1730. The van der Waals surface area contributed by atoms with E-state index in [-0.39, 0.29) is 46.4 Å². The van der Waals surface area contributed by atoms with Crippen molar-refractivity contribution >= 4 is 40.2 Å². The number of carboxylic acids is 1. The second kappa shape index (κ2) is 10.9. The number of carbonyl (C=O) groups excluding carboxylic acids is 2. The van der Waals surface area contributed by atoms with Crippen LogP contribution >= 0.6 is 0 Å². The maximum atomic E-state index is 16.2. The summed E-state index contributed by atoms with van der Waals surface area (Å²) in [4.78, 5) is 52.5. The molecule has 1 atom stereocenters. The number of aromatic carboxylic acids is 1. The highest BCUT2D eigenvalue weighted by Crippen LogP contribution is 2.45. The van der Waals surface area contributed by atoms with Crippen LogP contribution in [-0.2, 0) is 22.4 Å². The molecule has 1 aliphatic carbocycles. The van der Waals surface area contributed by atoms with Gasteiger partial charge in [0.2, 0.25) is 11.3 Å². The zero-order valence-electron chi connectivity index (χ0n) is 24.2. The molecular weight excluding hydrogens is 559 g/mol. The molecule has 0 spiro atoms. The van der Waals surface area contributed by atoms with Gasteiger partial charge in [-0.2, -0.15) is 0 Å². The van der Waals surface area contributed by atoms with Gasteiger partial charge in [0.15, 0.2) is 11.6 Å². The zero-order valence-corrected chi connectivity index (χ0v) is 24.2. The molecule has 3 heterocycles. The molecule has 12 heteroatoms. The number of nitrogens with zero attached hydrogens (tertiary/aromatic N) is 3. The molecule has 0 bridgehead atoms. The van der Waals surface area contributed by atoms with Gasteiger partial charge in [0.25, 0.3) is 0 Å². The van der Waals surface area contributed by atoms with Crippen LogP contribution in [0.25, 0.3) is 10.9 Å². The van der Waals surface area contributed by atoms with E-state index in [2.05, 4.69) is 5.32 Å². The number of carbonyl (C=O) groups is 3. The number of halogens is 1. The fourth-order valence-electron chi connectivity index (χ4n) is 6.18. The molecular formula is C31H33FN4O7. The minimum absolute atomic E-state index is 0.00902. The lowest BCUT2D eigenvalue weighted by atomic mass is 10.0. The number of pyridine rings is 1. The first-order chi connectivity index (χ1) is 20.6. The van der Waals surface area contributed by atoms with Gasteiger partial charge in [0.05, 0.1) is 31.1 Å². The van der Waals surface area contributed by atoms with E-state index in [0.29, 0.717) is 43.7 Å². The normalized spacial score (nSPS) is 18.3. The largest absolute Gasteiger partial charge is 0.492 e. The lowest BCUT2D eigenvalue weighted by Crippen LogP contribution is -2.33. The Kier molecular flexibility index (Phi) is 7.23. The number of hydrogen-bond donors (Lipinski definition) is 2. The smallest absolute Gasteiger partial charge is 0.414 e. The number of aromatic nitrogens is 1. The fourth-order valence-corrected chi connectivity index (χ4v) is 6.18. The number of nitrogens with one attached hydrogen (secondary N) is 1. The molecule has 11 nitrogen and oxygen atoms in total. The number of aryl methyl sites for hydroxylation is 1. The van der Waals surface area contributed by atoms with Crippen LogP contribution in [-0.4, -0.2) is 67.0 Å². The molecule has 1 unspecified atom stereocenters. The molecule has 43 heavy (non-hydrogen) atoms. The number of anilines is 2. The van der Waals surface area contributed by atoms with Gasteiger partial charge < -0.3 is 29.4 Å². The Morgan fingerprint density at radius 2 is 1.88 bits per heavy atom. The first-order valence-electron chi connectivity index (χ1n) is 14.4. The van der Waals surface area contributed by atoms with Crippen LogP contribution in [0.4, 0.5) is 20.6 Å². The van der Waals surface area contributed by atoms with Crippen molar-refractivity contribution in [2.24, 2.45) is 0 Å². The van der Waals surface area contributed by atoms with E-state index < -0.39 is 29.4 Å². The van der Waals surface area contributed by atoms with Gasteiger partial charge in [-0.3, -0.25) is 14.5 Å². The molecule has 2 aliphatic heterocycles. The molecule has 2 aromatic carbocycles. The van der Waals surface area contributed by atoms with Crippen molar-refractivity contribution in [1.82, 2.24) is 9.88 Å². The van der Waals surface area contributed by atoms with E-state index in [1.165, 1.54) is 27.2 Å². The number of hydrogen-bond acceptors (Lipinski definition) is 7. The SMILES string of the molecule is COc1c(N2CCc3ccc(N4CC(CNC(C)=O)OC4=O)cc3CC2)c(F)c(C)c2c(=O)c(C(=O)O)cn(C3CC3)c12. The van der Waals surface area contributed by atoms with Gasteiger partial charge in [-0.25, -0.2) is 14.0 Å². The summed E-state index contributed by atoms with van der Waals surface area (Å²) >= 11 is 0. The Balaban J connectivity index is 1.34. The van der Waals surface area contributed by atoms with E-state index in [9.17, 15) is 24.3 Å². The van der Waals surface area contributed by atoms with Crippen LogP contribution in [0.1, 0.15) is 52.9 Å². The van der Waals surface area contributed by atoms with Gasteiger partial charge >= 0.3 is 12.1 Å². The Hall–Kier alpha value is -4.61. The maximum Gasteiger partial charge on any atom is 0.414 e. The van der Waals surface area contributed by atoms with Crippen molar-refractivity contribution in [3.63, 3.8) is 0 Å². The van der Waals surface area contributed by atoms with Crippen LogP contribution in [0.15, 0.2) is 29.2 Å². The monoisotopic (exact) mass is 592 g/mol. The van der Waals surface area contributed by atoms with Gasteiger partial charge in [0, 0.05) is 43.5 Å². The van der Waals surface area contributed by atoms with Gasteiger partial charge in [-0.1, -0.05) is 6.07 Å². The van der Waals surface area contributed by atoms with Crippen LogP contribution in [0.3, 0.4) is 0 Å². The minimum atomic E-state index is -1.35. The first-order valence-corrected chi connectivity index (χ1v) is 14.4. The Labute approximate surface area is 246 Å². The summed E-state index contributed by atoms with van der Waals surface area (Å²) in [7, 11) is 1.44. The van der Waals surface area contributed by atoms with Crippen LogP contribution in [0.2, 0.25) is 0 Å². The quantitative estimate of drug-likeness (QED) is 0.426. The van der Waals surface area contributed by atoms with E-state index in [4.69, 9.17) is 9.47 Å². The van der Waals surface area contributed by atoms with Crippen molar-refractivity contribution in [1.29, 1.82) is 0 Å². The summed E-state index contributed by atoms with van der Waals surface area (Å²) in [5, 5.41) is 12.4. The third-order valence-electron chi connectivity index (χ3n) is 8.52. The Morgan fingerprint density at radius 1 is 1.16 bits per heavy atom. The maximum absolute atomic E-state index is 16.2. The molecule has 3 aromatic rings. The predicted octanol–water partition coefficient (Wildman–Crippen LogP) is 3.56. The summed E-state index contributed by atoms with van der Waals surface area (Å²) in [5.41, 5.74) is 2.44. The van der Waals surface area contributed by atoms with Gasteiger partial charge in [-0.15, -0.1) is 0 Å². The molecule has 2 amide bonds. The molecule has 1 saturated heterocycles. The van der Waals surface area contributed by atoms with Crippen molar-refractivity contribution in [2.45, 2.75) is 51.7 Å². The first kappa shape index (κ1) is 28.5. The van der Waals surface area contributed by atoms with Crippen LogP contribution < -0.4 is 25.3 Å². The molecule has 0 radical (unpaired) electrons. The van der Waals surface area contributed by atoms with Crippen LogP contribution in [0.5, 0.6) is 5.75 Å². The van der Waals surface area contributed by atoms with Crippen molar-refractivity contribution < 1.29 is 33.4 Å². The average Bonchev–Trinajstić information content (AvgIpc) is 3.78. The highest BCUT2D eigenvalue weighted by Gasteiger charge is 2.35. The zero-order chi connectivity index (χ0) is 30.6. The topological polar surface area (TPSA) is 130 Å². The standard InChI is InChI=1S/C31H33FN4O7/c1-16-24-26(35(20-6-7-20)15-23(28(24)38)30(39)40)29(42-3)27(25(16)32)34-10-8-18-4-5-21(12-19(18)9-11-34)36-14-22(43-31(36)41)13-33-17(2)37/h4-5,12,15,20,22H,6-11,13-14H2,1-3H3,(H,33,37)(H,39,40). The number of fused-ring (bicyclic) bond motifs is 2. The highest BCUT2D eigenvalue weighted by atomic mass is 19.1. The number of rotatable bonds is 7. The second-order valence-corrected chi connectivity index (χ2v) is 11.4. The fraction of sp³-hybridized carbons (Fsp3) is 0.419. The molecule has 3 aliphatic rings. The van der Waals surface area contributed by atoms with Crippen molar-refractivity contribution in [3.05, 3.63) is 62.7 Å². The van der Waals surface area contributed by atoms with Crippen molar-refractivity contribution in [2.75, 3.05) is 43.1 Å². The van der Waals surface area contributed by atoms with Crippen molar-refractivity contribution in [3.8, 4) is 5.75 Å². The molecule has 1 aromatic heterocycles. The third kappa shape index (κ3) is 5.04. The number of amides is 2. The van der Waals surface area contributed by atoms with E-state index in [1.54, 1.807) is 9.47 Å². The summed E-state index contributed by atoms with van der Waals surface area (Å²) in [6.45, 7) is 4.41. The van der Waals surface area contributed by atoms with E-state index in [1.807, 2.05) is 23.1 Å². The summed E-state index contributed by atoms with van der Waals surface area (Å²) < 4.78 is 29.2. The Morgan fingerprint density at radius 3 is 2.53 bits per heavy atom. The van der Waals surface area contributed by atoms with Crippen LogP contribution in [0, 0.1) is 12.7 Å². The second-order valence-electron chi connectivity index (χ2n) is 11.4. The number of cyclic esters (lactones) is 1. The number of methoxy groups -OCH3 is 1. The molecule has 2 N–H and O–H groups in total. The predicted molar refractivity (Wildman–Crippen MR) is 157 cm³/mol. The van der Waals surface area contributed by atoms with Gasteiger partial charge in [0.1, 0.15) is 17.4 Å².